The normalized spacial score (nSPS) is 14.1. The SMILES string of the molecule is C=C(N[C@@H](C)C#Cc1ncco1)C(=O)NCc1ccccc1C(=O)C#CCC1(c2cc(F)cc(/C(C=NC)=C/C)c2)CC1. The molecule has 1 fully saturated rings. The van der Waals surface area contributed by atoms with Gasteiger partial charge in [-0.2, -0.15) is 0 Å². The van der Waals surface area contributed by atoms with Gasteiger partial charge in [-0.3, -0.25) is 14.6 Å². The molecule has 43 heavy (non-hydrogen) atoms. The van der Waals surface area contributed by atoms with E-state index in [1.165, 1.54) is 18.5 Å². The molecule has 218 valence electrons. The lowest BCUT2D eigenvalue weighted by molar-refractivity contribution is -0.118. The van der Waals surface area contributed by atoms with Crippen LogP contribution in [0.5, 0.6) is 0 Å². The van der Waals surface area contributed by atoms with Crippen molar-refractivity contribution in [1.29, 1.82) is 0 Å². The number of rotatable bonds is 10. The van der Waals surface area contributed by atoms with Gasteiger partial charge in [0.1, 0.15) is 12.1 Å². The molecular formula is C35H33FN4O3. The number of carbonyl (C=O) groups is 2. The zero-order chi connectivity index (χ0) is 30.8. The molecule has 4 rings (SSSR count). The van der Waals surface area contributed by atoms with Crippen molar-refractivity contribution < 1.29 is 18.4 Å². The Labute approximate surface area is 251 Å². The molecule has 1 atom stereocenters. The fourth-order valence-electron chi connectivity index (χ4n) is 4.59. The van der Waals surface area contributed by atoms with Gasteiger partial charge in [-0.1, -0.05) is 54.8 Å². The maximum Gasteiger partial charge on any atom is 0.273 e. The van der Waals surface area contributed by atoms with Crippen molar-refractivity contribution in [1.82, 2.24) is 15.6 Å². The minimum Gasteiger partial charge on any atom is -0.439 e. The van der Waals surface area contributed by atoms with E-state index in [1.807, 2.05) is 19.1 Å². The highest BCUT2D eigenvalue weighted by Gasteiger charge is 2.44. The maximum atomic E-state index is 14.6. The molecule has 7 nitrogen and oxygen atoms in total. The Kier molecular flexibility index (Phi) is 10.1. The van der Waals surface area contributed by atoms with Gasteiger partial charge in [-0.25, -0.2) is 9.37 Å². The lowest BCUT2D eigenvalue weighted by Crippen LogP contribution is -2.34. The van der Waals surface area contributed by atoms with E-state index in [0.717, 1.165) is 29.5 Å². The number of amides is 1. The van der Waals surface area contributed by atoms with Crippen LogP contribution in [0.15, 0.2) is 82.7 Å². The number of halogens is 1. The van der Waals surface area contributed by atoms with Crippen molar-refractivity contribution >= 4 is 23.5 Å². The molecule has 2 N–H and O–H groups in total. The van der Waals surface area contributed by atoms with Gasteiger partial charge in [0.05, 0.1) is 17.9 Å². The van der Waals surface area contributed by atoms with Crippen LogP contribution in [0.2, 0.25) is 0 Å². The lowest BCUT2D eigenvalue weighted by atomic mass is 9.89. The molecular weight excluding hydrogens is 543 g/mol. The highest BCUT2D eigenvalue weighted by molar-refractivity contribution is 6.10. The summed E-state index contributed by atoms with van der Waals surface area (Å²) in [5.74, 6) is 10.7. The van der Waals surface area contributed by atoms with Gasteiger partial charge in [0.2, 0.25) is 5.78 Å². The van der Waals surface area contributed by atoms with Gasteiger partial charge in [0, 0.05) is 37.2 Å². The predicted molar refractivity (Wildman–Crippen MR) is 166 cm³/mol. The number of nitrogens with one attached hydrogen (secondary N) is 2. The molecule has 8 heteroatoms. The van der Waals surface area contributed by atoms with Gasteiger partial charge >= 0.3 is 0 Å². The fourth-order valence-corrected chi connectivity index (χ4v) is 4.59. The Balaban J connectivity index is 1.38. The van der Waals surface area contributed by atoms with Crippen LogP contribution in [0.4, 0.5) is 4.39 Å². The van der Waals surface area contributed by atoms with Gasteiger partial charge in [-0.05, 0) is 72.9 Å². The summed E-state index contributed by atoms with van der Waals surface area (Å²) in [6.45, 7) is 7.57. The molecule has 1 amide bonds. The molecule has 1 aromatic heterocycles. The summed E-state index contributed by atoms with van der Waals surface area (Å²) in [5.41, 5.74) is 3.39. The summed E-state index contributed by atoms with van der Waals surface area (Å²) >= 11 is 0. The number of Topliss-reactive ketones (excluding diaryl/α,β-unsaturated/α-hetero) is 1. The number of hydrogen-bond donors (Lipinski definition) is 2. The molecule has 1 heterocycles. The summed E-state index contributed by atoms with van der Waals surface area (Å²) in [7, 11) is 1.68. The molecule has 1 aliphatic rings. The standard InChI is InChI=1S/C35H33FN4O3/c1-5-26(22-37-4)28-19-29(21-30(36)20-28)35(15-16-35)14-8-11-32(41)31-10-7-6-9-27(31)23-39-34(42)25(3)40-24(2)12-13-33-38-17-18-43-33/h5-7,9-10,17-22,24,40H,3,14-16,23H2,1-2,4H3,(H,39,42)/b26-5+,37-22?/t24-/m0/s1. The Morgan fingerprint density at radius 1 is 1.26 bits per heavy atom. The number of ketones is 1. The van der Waals surface area contributed by atoms with Crippen LogP contribution in [0.3, 0.4) is 0 Å². The minimum atomic E-state index is -0.422. The van der Waals surface area contributed by atoms with Crippen LogP contribution in [0.1, 0.15) is 66.0 Å². The van der Waals surface area contributed by atoms with E-state index in [9.17, 15) is 14.0 Å². The minimum absolute atomic E-state index is 0.115. The second-order valence-electron chi connectivity index (χ2n) is 10.2. The van der Waals surface area contributed by atoms with Crippen LogP contribution in [0.25, 0.3) is 5.57 Å². The highest BCUT2D eigenvalue weighted by Crippen LogP contribution is 2.51. The van der Waals surface area contributed by atoms with Crippen molar-refractivity contribution in [3.05, 3.63) is 107 Å². The third-order valence-corrected chi connectivity index (χ3v) is 7.10. The quantitative estimate of drug-likeness (QED) is 0.111. The van der Waals surface area contributed by atoms with Crippen LogP contribution >= 0.6 is 0 Å². The Morgan fingerprint density at radius 2 is 2.05 bits per heavy atom. The topological polar surface area (TPSA) is 96.6 Å². The Bertz CT molecular complexity index is 1690. The first kappa shape index (κ1) is 30.7. The van der Waals surface area contributed by atoms with E-state index in [0.29, 0.717) is 17.5 Å². The van der Waals surface area contributed by atoms with Gasteiger partial charge in [0.25, 0.3) is 11.8 Å². The molecule has 0 bridgehead atoms. The smallest absolute Gasteiger partial charge is 0.273 e. The zero-order valence-electron chi connectivity index (χ0n) is 24.5. The number of nitrogens with zero attached hydrogens (tertiary/aromatic N) is 2. The second kappa shape index (κ2) is 14.1. The van der Waals surface area contributed by atoms with E-state index < -0.39 is 5.91 Å². The number of allylic oxidation sites excluding steroid dienone is 2. The predicted octanol–water partition coefficient (Wildman–Crippen LogP) is 5.39. The van der Waals surface area contributed by atoms with Crippen LogP contribution in [-0.4, -0.2) is 36.0 Å². The number of benzene rings is 2. The Hall–Kier alpha value is -5.21. The number of aliphatic imine (C=N–C) groups is 1. The van der Waals surface area contributed by atoms with Crippen molar-refractivity contribution in [2.45, 2.75) is 51.1 Å². The first-order valence-corrected chi connectivity index (χ1v) is 13.9. The summed E-state index contributed by atoms with van der Waals surface area (Å²) < 4.78 is 19.6. The molecule has 0 unspecified atom stereocenters. The lowest BCUT2D eigenvalue weighted by Gasteiger charge is -2.15. The maximum absolute atomic E-state index is 14.6. The van der Waals surface area contributed by atoms with Crippen molar-refractivity contribution in [3.63, 3.8) is 0 Å². The third kappa shape index (κ3) is 8.18. The number of hydrogen-bond acceptors (Lipinski definition) is 6. The summed E-state index contributed by atoms with van der Waals surface area (Å²) in [5, 5.41) is 5.71. The van der Waals surface area contributed by atoms with E-state index in [2.05, 4.69) is 50.9 Å². The summed E-state index contributed by atoms with van der Waals surface area (Å²) in [6, 6.07) is 11.7. The van der Waals surface area contributed by atoms with E-state index >= 15 is 0 Å². The molecule has 1 saturated carbocycles. The zero-order valence-corrected chi connectivity index (χ0v) is 24.5. The summed E-state index contributed by atoms with van der Waals surface area (Å²) in [6.07, 6.45) is 8.72. The number of carbonyl (C=O) groups excluding carboxylic acids is 2. The van der Waals surface area contributed by atoms with Crippen molar-refractivity contribution in [3.8, 4) is 23.7 Å². The van der Waals surface area contributed by atoms with E-state index in [-0.39, 0.29) is 41.2 Å². The largest absolute Gasteiger partial charge is 0.439 e. The van der Waals surface area contributed by atoms with Gasteiger partial charge in [0.15, 0.2) is 0 Å². The van der Waals surface area contributed by atoms with Crippen molar-refractivity contribution in [2.75, 3.05) is 7.05 Å². The number of oxazole rings is 1. The molecule has 0 radical (unpaired) electrons. The fraction of sp³-hybridized carbons (Fsp3) is 0.257. The van der Waals surface area contributed by atoms with Gasteiger partial charge < -0.3 is 15.1 Å². The molecule has 1 aliphatic carbocycles. The molecule has 2 aromatic carbocycles. The van der Waals surface area contributed by atoms with Gasteiger partial charge in [-0.15, -0.1) is 0 Å². The average Bonchev–Trinajstić information content (AvgIpc) is 3.60. The Morgan fingerprint density at radius 3 is 2.74 bits per heavy atom. The number of aromatic nitrogens is 1. The van der Waals surface area contributed by atoms with Crippen molar-refractivity contribution in [2.24, 2.45) is 4.99 Å². The first-order chi connectivity index (χ1) is 20.7. The monoisotopic (exact) mass is 576 g/mol. The highest BCUT2D eigenvalue weighted by atomic mass is 19.1. The van der Waals surface area contributed by atoms with Crippen LogP contribution < -0.4 is 10.6 Å². The van der Waals surface area contributed by atoms with Crippen LogP contribution in [0, 0.1) is 29.5 Å². The third-order valence-electron chi connectivity index (χ3n) is 7.10. The molecule has 0 aliphatic heterocycles. The second-order valence-corrected chi connectivity index (χ2v) is 10.2. The van der Waals surface area contributed by atoms with E-state index in [1.54, 1.807) is 50.5 Å². The van der Waals surface area contributed by atoms with Crippen LogP contribution in [-0.2, 0) is 16.8 Å². The summed E-state index contributed by atoms with van der Waals surface area (Å²) in [4.78, 5) is 33.7. The molecule has 0 spiro atoms. The first-order valence-electron chi connectivity index (χ1n) is 13.9. The van der Waals surface area contributed by atoms with E-state index in [4.69, 9.17) is 4.42 Å². The average molecular weight is 577 g/mol. The molecule has 3 aromatic rings. The molecule has 0 saturated heterocycles.